The molecule has 1 aromatic heterocycles. The summed E-state index contributed by atoms with van der Waals surface area (Å²) in [5.41, 5.74) is 6.75. The molecule has 12 unspecified atom stereocenters. The van der Waals surface area contributed by atoms with Gasteiger partial charge in [0.05, 0.1) is 5.52 Å². The largest absolute Gasteiger partial charge is 2.00 e. The van der Waals surface area contributed by atoms with Gasteiger partial charge in [-0.1, -0.05) is 260 Å². The van der Waals surface area contributed by atoms with Gasteiger partial charge in [-0.05, 0) is 108 Å². The number of benzene rings is 1. The standard InChI is InChI=1S/2C24H40N2.C24H29N2.ClH.Fe/c3*1-3-7-17(8-4-1)19-13-15-25-23-21(19)11-12-22-20(14-16-26-24(22)23)18-9-5-2-6-10-18;;/h2*17-24H,1-16H2;11-15,17-18H,1-10,16H2;1H;/q2*-2;-1;;+2/p-1. The molecule has 15 rings (SSSR count). The summed E-state index contributed by atoms with van der Waals surface area (Å²) >= 11 is 0. The van der Waals surface area contributed by atoms with Crippen LogP contribution in [0.2, 0.25) is 0 Å². The Morgan fingerprint density at radius 2 is 0.700 bits per heavy atom. The Morgan fingerprint density at radius 1 is 0.350 bits per heavy atom. The molecule has 6 nitrogen and oxygen atoms in total. The molecule has 0 N–H and O–H groups in total. The Hall–Kier alpha value is -1.18. The molecule has 0 bridgehead atoms. The predicted molar refractivity (Wildman–Crippen MR) is 329 cm³/mol. The summed E-state index contributed by atoms with van der Waals surface area (Å²) in [5.74, 6) is 13.1. The van der Waals surface area contributed by atoms with Crippen molar-refractivity contribution < 1.29 is 29.5 Å². The molecule has 6 heterocycles. The van der Waals surface area contributed by atoms with Crippen molar-refractivity contribution in [2.24, 2.45) is 76.9 Å². The number of rotatable bonds is 6. The van der Waals surface area contributed by atoms with Crippen LogP contribution in [0.3, 0.4) is 0 Å². The number of hydrogen-bond acceptors (Lipinski definition) is 1. The molecule has 4 saturated heterocycles. The summed E-state index contributed by atoms with van der Waals surface area (Å²) in [4.78, 5) is 4.81. The van der Waals surface area contributed by atoms with Crippen LogP contribution in [-0.4, -0.2) is 61.9 Å². The minimum absolute atomic E-state index is 0. The zero-order valence-electron chi connectivity index (χ0n) is 50.1. The fourth-order valence-electron chi connectivity index (χ4n) is 21.8. The van der Waals surface area contributed by atoms with Crippen molar-refractivity contribution in [2.75, 3.05) is 32.7 Å². The van der Waals surface area contributed by atoms with Crippen LogP contribution in [0, 0.1) is 76.9 Å². The monoisotopic (exact) mass is 1150 g/mol. The Labute approximate surface area is 505 Å². The molecule has 1 aromatic carbocycles. The minimum atomic E-state index is 0. The molecule has 0 amide bonds. The molecule has 8 heteroatoms. The fraction of sp³-hybridized carbons (Fsp3) is 0.847. The molecule has 0 spiro atoms. The van der Waals surface area contributed by atoms with Gasteiger partial charge in [0.2, 0.25) is 0 Å². The third-order valence-corrected chi connectivity index (χ3v) is 25.4. The van der Waals surface area contributed by atoms with Crippen molar-refractivity contribution in [3.63, 3.8) is 0 Å². The Balaban J connectivity index is 0.000000125. The number of pyridine rings is 1. The molecule has 446 valence electrons. The van der Waals surface area contributed by atoms with Crippen LogP contribution < -0.4 is 12.4 Å². The number of allylic oxidation sites excluding steroid dienone is 1. The van der Waals surface area contributed by atoms with E-state index < -0.39 is 0 Å². The van der Waals surface area contributed by atoms with Crippen molar-refractivity contribution in [2.45, 2.75) is 274 Å². The van der Waals surface area contributed by atoms with Crippen LogP contribution in [0.1, 0.15) is 261 Å². The van der Waals surface area contributed by atoms with Gasteiger partial charge in [-0.15, -0.1) is 62.6 Å². The molecule has 13 aliphatic rings. The SMILES string of the molecule is C1=C(C2CCCCC2)c2ccc3c(C4CCCCC4)ccnc3c2[N-]C1.C1CCC(C2CC[N-]C3C2CCC2C(C4CCCCC4)CC[N-]C23)CC1.C1CCC(C2CC[N-]C3C2CCC2C(C4CCCCC4)CC[N-]C23)CC1.[Cl-].[Fe+2]. The summed E-state index contributed by atoms with van der Waals surface area (Å²) in [6.45, 7) is 5.42. The molecule has 0 radical (unpaired) electrons. The summed E-state index contributed by atoms with van der Waals surface area (Å²) in [7, 11) is 0. The first-order valence-corrected chi connectivity index (χ1v) is 35.2. The van der Waals surface area contributed by atoms with Crippen molar-refractivity contribution in [1.29, 1.82) is 0 Å². The van der Waals surface area contributed by atoms with E-state index in [-0.39, 0.29) is 29.5 Å². The average molecular weight is 1150 g/mol. The number of piperidine rings is 4. The van der Waals surface area contributed by atoms with E-state index in [2.05, 4.69) is 24.3 Å². The molecule has 12 fully saturated rings. The molecule has 2 aromatic rings. The quantitative estimate of drug-likeness (QED) is 0.265. The second-order valence-corrected chi connectivity index (χ2v) is 29.2. The second-order valence-electron chi connectivity index (χ2n) is 29.2. The van der Waals surface area contributed by atoms with Gasteiger partial charge in [0.1, 0.15) is 0 Å². The Kier molecular flexibility index (Phi) is 22.3. The molecular weight excluding hydrogens is 1040 g/mol. The van der Waals surface area contributed by atoms with E-state index in [0.717, 1.165) is 115 Å². The number of halogens is 1. The van der Waals surface area contributed by atoms with Gasteiger partial charge >= 0.3 is 17.1 Å². The van der Waals surface area contributed by atoms with E-state index in [0.29, 0.717) is 30.1 Å². The van der Waals surface area contributed by atoms with Gasteiger partial charge in [0, 0.05) is 11.6 Å². The zero-order chi connectivity index (χ0) is 52.0. The third kappa shape index (κ3) is 13.4. The van der Waals surface area contributed by atoms with Gasteiger partial charge < -0.3 is 39.0 Å². The number of fused-ring (bicyclic) bond motifs is 9. The van der Waals surface area contributed by atoms with Gasteiger partial charge in [-0.3, -0.25) is 4.98 Å². The van der Waals surface area contributed by atoms with Crippen molar-refractivity contribution in [1.82, 2.24) is 4.98 Å². The summed E-state index contributed by atoms with van der Waals surface area (Å²) in [6.07, 6.45) is 59.7. The fourth-order valence-corrected chi connectivity index (χ4v) is 21.8. The van der Waals surface area contributed by atoms with Crippen LogP contribution in [0.5, 0.6) is 0 Å². The first-order chi connectivity index (χ1) is 38.7. The minimum Gasteiger partial charge on any atom is -1.00 e. The zero-order valence-corrected chi connectivity index (χ0v) is 52.0. The van der Waals surface area contributed by atoms with Crippen LogP contribution >= 0.6 is 0 Å². The van der Waals surface area contributed by atoms with E-state index in [1.54, 1.807) is 5.57 Å². The normalized spacial score (nSPS) is 36.8. The topological polar surface area (TPSA) is 83.4 Å². The first kappa shape index (κ1) is 60.5. The molecule has 8 saturated carbocycles. The van der Waals surface area contributed by atoms with Gasteiger partial charge in [-0.2, -0.15) is 0 Å². The molecule has 8 aliphatic carbocycles. The Bertz CT molecular complexity index is 2050. The van der Waals surface area contributed by atoms with Crippen molar-refractivity contribution in [3.05, 3.63) is 68.2 Å². The van der Waals surface area contributed by atoms with Crippen LogP contribution in [0.25, 0.3) is 43.1 Å². The smallest absolute Gasteiger partial charge is 1.00 e. The van der Waals surface area contributed by atoms with E-state index in [9.17, 15) is 0 Å². The van der Waals surface area contributed by atoms with Crippen LogP contribution in [0.4, 0.5) is 5.69 Å². The predicted octanol–water partition coefficient (Wildman–Crippen LogP) is 17.7. The molecular formula is C72H109ClFeN6-4. The maximum absolute atomic E-state index is 5.27. The van der Waals surface area contributed by atoms with Gasteiger partial charge in [-0.25, -0.2) is 0 Å². The van der Waals surface area contributed by atoms with Crippen molar-refractivity contribution in [3.8, 4) is 0 Å². The van der Waals surface area contributed by atoms with Crippen LogP contribution in [-0.2, 0) is 17.1 Å². The van der Waals surface area contributed by atoms with E-state index in [4.69, 9.17) is 31.6 Å². The average Bonchev–Trinajstić information content (AvgIpc) is 3.73. The maximum atomic E-state index is 5.27. The number of nitrogens with zero attached hydrogens (tertiary/aromatic N) is 6. The maximum Gasteiger partial charge on any atom is 2.00 e. The van der Waals surface area contributed by atoms with Gasteiger partial charge in [0.25, 0.3) is 0 Å². The summed E-state index contributed by atoms with van der Waals surface area (Å²) in [6, 6.07) is 9.42. The van der Waals surface area contributed by atoms with E-state index in [1.807, 2.05) is 6.20 Å². The van der Waals surface area contributed by atoms with Gasteiger partial charge in [0.15, 0.2) is 0 Å². The van der Waals surface area contributed by atoms with E-state index in [1.165, 1.54) is 266 Å². The second kappa shape index (κ2) is 29.5. The Morgan fingerprint density at radius 3 is 1.07 bits per heavy atom. The van der Waals surface area contributed by atoms with E-state index >= 15 is 0 Å². The summed E-state index contributed by atoms with van der Waals surface area (Å²) in [5, 5.41) is 27.3. The van der Waals surface area contributed by atoms with Crippen molar-refractivity contribution >= 4 is 22.2 Å². The molecule has 12 atom stereocenters. The number of aromatic nitrogens is 1. The first-order valence-electron chi connectivity index (χ1n) is 35.2. The number of hydrogen-bond donors (Lipinski definition) is 0. The summed E-state index contributed by atoms with van der Waals surface area (Å²) < 4.78 is 0. The molecule has 80 heavy (non-hydrogen) atoms. The molecule has 5 aliphatic heterocycles. The third-order valence-electron chi connectivity index (χ3n) is 25.4. The van der Waals surface area contributed by atoms with Crippen LogP contribution in [0.15, 0.2) is 30.5 Å².